The fourth-order valence-corrected chi connectivity index (χ4v) is 1.90. The van der Waals surface area contributed by atoms with Crippen LogP contribution in [0.4, 0.5) is 0 Å². The molecule has 0 spiro atoms. The van der Waals surface area contributed by atoms with Gasteiger partial charge in [0, 0.05) is 17.2 Å². The average Bonchev–Trinajstić information content (AvgIpc) is 2.42. The zero-order valence-corrected chi connectivity index (χ0v) is 11.0. The van der Waals surface area contributed by atoms with Gasteiger partial charge in [0.1, 0.15) is 0 Å². The number of hydrogen-bond acceptors (Lipinski definition) is 4. The number of benzene rings is 1. The van der Waals surface area contributed by atoms with Crippen LogP contribution in [0.25, 0.3) is 11.3 Å². The molecule has 2 rings (SSSR count). The van der Waals surface area contributed by atoms with Crippen molar-refractivity contribution in [1.29, 1.82) is 0 Å². The molecule has 1 amide bonds. The molecule has 104 valence electrons. The molecule has 0 saturated heterocycles. The molecule has 6 nitrogen and oxygen atoms in total. The Labute approximate surface area is 115 Å². The summed E-state index contributed by atoms with van der Waals surface area (Å²) >= 11 is 0. The van der Waals surface area contributed by atoms with Crippen molar-refractivity contribution in [2.75, 3.05) is 6.61 Å². The largest absolute Gasteiger partial charge is 0.394 e. The first-order valence-electron chi connectivity index (χ1n) is 6.13. The van der Waals surface area contributed by atoms with Crippen LogP contribution in [0.2, 0.25) is 0 Å². The molecule has 1 aromatic carbocycles. The van der Waals surface area contributed by atoms with Gasteiger partial charge in [-0.2, -0.15) is 5.10 Å². The summed E-state index contributed by atoms with van der Waals surface area (Å²) < 4.78 is 1.18. The van der Waals surface area contributed by atoms with Crippen molar-refractivity contribution in [2.24, 2.45) is 5.73 Å². The van der Waals surface area contributed by atoms with E-state index in [0.717, 1.165) is 5.56 Å². The van der Waals surface area contributed by atoms with Gasteiger partial charge in [-0.3, -0.25) is 9.59 Å². The van der Waals surface area contributed by atoms with Gasteiger partial charge in [0.25, 0.3) is 5.56 Å². The van der Waals surface area contributed by atoms with Crippen molar-refractivity contribution in [2.45, 2.75) is 13.5 Å². The predicted molar refractivity (Wildman–Crippen MR) is 74.3 cm³/mol. The quantitative estimate of drug-likeness (QED) is 0.837. The van der Waals surface area contributed by atoms with E-state index >= 15 is 0 Å². The Morgan fingerprint density at radius 1 is 1.35 bits per heavy atom. The van der Waals surface area contributed by atoms with E-state index in [2.05, 4.69) is 5.10 Å². The maximum absolute atomic E-state index is 11.5. The Hall–Kier alpha value is -2.47. The van der Waals surface area contributed by atoms with Crippen molar-refractivity contribution >= 4 is 5.91 Å². The number of aliphatic hydroxyl groups is 1. The van der Waals surface area contributed by atoms with Crippen LogP contribution in [0, 0.1) is 6.92 Å². The van der Waals surface area contributed by atoms with Gasteiger partial charge in [-0.05, 0) is 24.6 Å². The maximum Gasteiger partial charge on any atom is 0.266 e. The van der Waals surface area contributed by atoms with Gasteiger partial charge < -0.3 is 10.8 Å². The van der Waals surface area contributed by atoms with Gasteiger partial charge in [-0.1, -0.05) is 12.1 Å². The third-order valence-electron chi connectivity index (χ3n) is 2.98. The number of nitrogens with two attached hydrogens (primary N) is 1. The van der Waals surface area contributed by atoms with E-state index in [1.165, 1.54) is 10.7 Å². The average molecular weight is 273 g/mol. The fourth-order valence-electron chi connectivity index (χ4n) is 1.90. The molecule has 0 unspecified atom stereocenters. The Kier molecular flexibility index (Phi) is 3.95. The Morgan fingerprint density at radius 2 is 2.10 bits per heavy atom. The summed E-state index contributed by atoms with van der Waals surface area (Å²) in [6.07, 6.45) is 0. The minimum Gasteiger partial charge on any atom is -0.394 e. The van der Waals surface area contributed by atoms with Crippen molar-refractivity contribution in [3.05, 3.63) is 51.8 Å². The van der Waals surface area contributed by atoms with E-state index < -0.39 is 5.91 Å². The smallest absolute Gasteiger partial charge is 0.266 e. The van der Waals surface area contributed by atoms with Gasteiger partial charge >= 0.3 is 0 Å². The molecule has 0 atom stereocenters. The molecule has 0 fully saturated rings. The van der Waals surface area contributed by atoms with Crippen LogP contribution in [-0.2, 0) is 6.54 Å². The first kappa shape index (κ1) is 14.0. The summed E-state index contributed by atoms with van der Waals surface area (Å²) in [6, 6.07) is 8.18. The predicted octanol–water partition coefficient (Wildman–Crippen LogP) is 0.310. The summed E-state index contributed by atoms with van der Waals surface area (Å²) in [5, 5.41) is 13.1. The second kappa shape index (κ2) is 5.66. The number of nitrogens with zero attached hydrogens (tertiary/aromatic N) is 2. The molecule has 2 aromatic rings. The number of aliphatic hydroxyl groups excluding tert-OH is 1. The molecule has 1 aromatic heterocycles. The normalized spacial score (nSPS) is 10.5. The van der Waals surface area contributed by atoms with Gasteiger partial charge in [-0.15, -0.1) is 0 Å². The lowest BCUT2D eigenvalue weighted by Crippen LogP contribution is -2.23. The topological polar surface area (TPSA) is 98.2 Å². The molecule has 3 N–H and O–H groups in total. The summed E-state index contributed by atoms with van der Waals surface area (Å²) in [5.74, 6) is -0.506. The SMILES string of the molecule is Cc1ccc(-c2ccc(=O)n(CCO)n2)cc1C(N)=O. The fraction of sp³-hybridized carbons (Fsp3) is 0.214. The number of carbonyl (C=O) groups excluding carboxylic acids is 1. The zero-order valence-electron chi connectivity index (χ0n) is 11.0. The zero-order chi connectivity index (χ0) is 14.7. The van der Waals surface area contributed by atoms with Crippen molar-refractivity contribution in [3.8, 4) is 11.3 Å². The minimum absolute atomic E-state index is 0.126. The van der Waals surface area contributed by atoms with Crippen LogP contribution < -0.4 is 11.3 Å². The first-order valence-corrected chi connectivity index (χ1v) is 6.13. The molecule has 0 aliphatic rings. The minimum atomic E-state index is -0.506. The van der Waals surface area contributed by atoms with E-state index in [1.807, 2.05) is 0 Å². The van der Waals surface area contributed by atoms with Gasteiger partial charge in [0.05, 0.1) is 18.8 Å². The number of primary amides is 1. The van der Waals surface area contributed by atoms with E-state index in [-0.39, 0.29) is 18.7 Å². The second-order valence-electron chi connectivity index (χ2n) is 4.40. The van der Waals surface area contributed by atoms with E-state index in [9.17, 15) is 9.59 Å². The van der Waals surface area contributed by atoms with Crippen LogP contribution >= 0.6 is 0 Å². The molecule has 0 aliphatic heterocycles. The number of aryl methyl sites for hydroxylation is 1. The van der Waals surface area contributed by atoms with Crippen LogP contribution in [0.1, 0.15) is 15.9 Å². The number of carbonyl (C=O) groups is 1. The van der Waals surface area contributed by atoms with Crippen molar-refractivity contribution < 1.29 is 9.90 Å². The highest BCUT2D eigenvalue weighted by molar-refractivity contribution is 5.95. The molecule has 1 heterocycles. The molecule has 20 heavy (non-hydrogen) atoms. The third-order valence-corrected chi connectivity index (χ3v) is 2.98. The van der Waals surface area contributed by atoms with Crippen LogP contribution in [0.3, 0.4) is 0 Å². The monoisotopic (exact) mass is 273 g/mol. The van der Waals surface area contributed by atoms with Gasteiger partial charge in [0.2, 0.25) is 5.91 Å². The highest BCUT2D eigenvalue weighted by atomic mass is 16.3. The molecule has 0 saturated carbocycles. The van der Waals surface area contributed by atoms with Gasteiger partial charge in [0.15, 0.2) is 0 Å². The maximum atomic E-state index is 11.5. The summed E-state index contributed by atoms with van der Waals surface area (Å²) in [6.45, 7) is 1.75. The Morgan fingerprint density at radius 3 is 2.75 bits per heavy atom. The molecule has 0 aliphatic carbocycles. The lowest BCUT2D eigenvalue weighted by Gasteiger charge is -2.08. The summed E-state index contributed by atoms with van der Waals surface area (Å²) in [4.78, 5) is 22.9. The molecular formula is C14H15N3O3. The van der Waals surface area contributed by atoms with Crippen molar-refractivity contribution in [1.82, 2.24) is 9.78 Å². The molecule has 0 radical (unpaired) electrons. The van der Waals surface area contributed by atoms with Crippen LogP contribution in [0.5, 0.6) is 0 Å². The number of hydrogen-bond donors (Lipinski definition) is 2. The highest BCUT2D eigenvalue weighted by Crippen LogP contribution is 2.19. The lowest BCUT2D eigenvalue weighted by atomic mass is 10.0. The Bertz CT molecular complexity index is 707. The number of rotatable bonds is 4. The summed E-state index contributed by atoms with van der Waals surface area (Å²) in [7, 11) is 0. The molecule has 6 heteroatoms. The standard InChI is InChI=1S/C14H15N3O3/c1-9-2-3-10(8-11(9)14(15)20)12-4-5-13(19)17(16-12)6-7-18/h2-5,8,18H,6-7H2,1H3,(H2,15,20). The number of aromatic nitrogens is 2. The van der Waals surface area contributed by atoms with E-state index in [1.54, 1.807) is 31.2 Å². The van der Waals surface area contributed by atoms with Gasteiger partial charge in [-0.25, -0.2) is 4.68 Å². The number of amides is 1. The van der Waals surface area contributed by atoms with Crippen LogP contribution in [-0.4, -0.2) is 27.4 Å². The third kappa shape index (κ3) is 2.75. The van der Waals surface area contributed by atoms with Crippen LogP contribution in [0.15, 0.2) is 35.1 Å². The second-order valence-corrected chi connectivity index (χ2v) is 4.40. The lowest BCUT2D eigenvalue weighted by molar-refractivity contribution is 0.1000. The van der Waals surface area contributed by atoms with Crippen molar-refractivity contribution in [3.63, 3.8) is 0 Å². The molecular weight excluding hydrogens is 258 g/mol. The molecule has 0 bridgehead atoms. The highest BCUT2D eigenvalue weighted by Gasteiger charge is 2.09. The van der Waals surface area contributed by atoms with E-state index in [0.29, 0.717) is 16.8 Å². The summed E-state index contributed by atoms with van der Waals surface area (Å²) in [5.41, 5.74) is 7.46. The van der Waals surface area contributed by atoms with E-state index in [4.69, 9.17) is 10.8 Å². The first-order chi connectivity index (χ1) is 9.52. The Balaban J connectivity index is 2.51.